The highest BCUT2D eigenvalue weighted by atomic mass is 35.5. The van der Waals surface area contributed by atoms with Crippen LogP contribution in [-0.2, 0) is 0 Å². The molecule has 3 unspecified atom stereocenters. The van der Waals surface area contributed by atoms with Crippen molar-refractivity contribution in [1.82, 2.24) is 5.32 Å². The van der Waals surface area contributed by atoms with E-state index in [9.17, 15) is 0 Å². The molecule has 0 aromatic heterocycles. The van der Waals surface area contributed by atoms with Crippen LogP contribution in [0, 0.1) is 5.92 Å². The quantitative estimate of drug-likeness (QED) is 0.842. The Morgan fingerprint density at radius 1 is 1.25 bits per heavy atom. The van der Waals surface area contributed by atoms with E-state index in [0.29, 0.717) is 22.9 Å². The van der Waals surface area contributed by atoms with Gasteiger partial charge in [0, 0.05) is 6.04 Å². The fourth-order valence-corrected chi connectivity index (χ4v) is 3.27. The molecule has 1 saturated carbocycles. The van der Waals surface area contributed by atoms with Gasteiger partial charge in [0.2, 0.25) is 0 Å². The third-order valence-corrected chi connectivity index (χ3v) is 4.64. The first kappa shape index (κ1) is 12.2. The molecule has 3 atom stereocenters. The molecule has 3 heteroatoms. The summed E-state index contributed by atoms with van der Waals surface area (Å²) in [6, 6.07) is 6.54. The predicted molar refractivity (Wildman–Crippen MR) is 70.4 cm³/mol. The van der Waals surface area contributed by atoms with Gasteiger partial charge in [0.1, 0.15) is 0 Å². The minimum absolute atomic E-state index is 0.531. The normalized spacial score (nSPS) is 29.6. The van der Waals surface area contributed by atoms with E-state index in [2.05, 4.69) is 18.3 Å². The van der Waals surface area contributed by atoms with Crippen molar-refractivity contribution in [3.8, 4) is 0 Å². The Morgan fingerprint density at radius 3 is 2.62 bits per heavy atom. The first-order valence-electron chi connectivity index (χ1n) is 5.76. The van der Waals surface area contributed by atoms with Crippen LogP contribution >= 0.6 is 23.2 Å². The molecule has 16 heavy (non-hydrogen) atoms. The minimum atomic E-state index is 0.531. The summed E-state index contributed by atoms with van der Waals surface area (Å²) in [6.07, 6.45) is 2.40. The SMILES string of the molecule is CNC1CCC(c2cccc(Cl)c2Cl)C1C. The van der Waals surface area contributed by atoms with Crippen molar-refractivity contribution in [2.75, 3.05) is 7.05 Å². The summed E-state index contributed by atoms with van der Waals surface area (Å²) in [5, 5.41) is 4.77. The van der Waals surface area contributed by atoms with Crippen LogP contribution < -0.4 is 5.32 Å². The smallest absolute Gasteiger partial charge is 0.0627 e. The van der Waals surface area contributed by atoms with Crippen molar-refractivity contribution in [2.45, 2.75) is 31.7 Å². The molecule has 1 fully saturated rings. The molecule has 0 aliphatic heterocycles. The van der Waals surface area contributed by atoms with E-state index in [1.807, 2.05) is 19.2 Å². The first-order chi connectivity index (χ1) is 7.65. The summed E-state index contributed by atoms with van der Waals surface area (Å²) in [7, 11) is 2.03. The highest BCUT2D eigenvalue weighted by Crippen LogP contribution is 2.43. The second kappa shape index (κ2) is 4.95. The van der Waals surface area contributed by atoms with Crippen LogP contribution in [0.3, 0.4) is 0 Å². The van der Waals surface area contributed by atoms with Gasteiger partial charge in [-0.05, 0) is 43.4 Å². The van der Waals surface area contributed by atoms with Crippen molar-refractivity contribution >= 4 is 23.2 Å². The lowest BCUT2D eigenvalue weighted by molar-refractivity contribution is 0.429. The average molecular weight is 258 g/mol. The van der Waals surface area contributed by atoms with E-state index >= 15 is 0 Å². The zero-order valence-corrected chi connectivity index (χ0v) is 11.1. The Balaban J connectivity index is 2.29. The van der Waals surface area contributed by atoms with E-state index in [-0.39, 0.29) is 0 Å². The summed E-state index contributed by atoms with van der Waals surface area (Å²) < 4.78 is 0. The summed E-state index contributed by atoms with van der Waals surface area (Å²) in [6.45, 7) is 2.29. The van der Waals surface area contributed by atoms with Crippen LogP contribution in [0.25, 0.3) is 0 Å². The van der Waals surface area contributed by atoms with Crippen molar-refractivity contribution in [3.63, 3.8) is 0 Å². The van der Waals surface area contributed by atoms with Crippen molar-refractivity contribution in [1.29, 1.82) is 0 Å². The fourth-order valence-electron chi connectivity index (χ4n) is 2.82. The topological polar surface area (TPSA) is 12.0 Å². The monoisotopic (exact) mass is 257 g/mol. The second-order valence-electron chi connectivity index (χ2n) is 4.58. The van der Waals surface area contributed by atoms with E-state index in [1.165, 1.54) is 18.4 Å². The van der Waals surface area contributed by atoms with Gasteiger partial charge in [-0.2, -0.15) is 0 Å². The zero-order chi connectivity index (χ0) is 11.7. The van der Waals surface area contributed by atoms with E-state index in [0.717, 1.165) is 5.02 Å². The Labute approximate surface area is 107 Å². The maximum absolute atomic E-state index is 6.28. The molecule has 1 aromatic rings. The molecule has 0 bridgehead atoms. The largest absolute Gasteiger partial charge is 0.317 e. The number of nitrogens with one attached hydrogen (secondary N) is 1. The third kappa shape index (κ3) is 2.09. The van der Waals surface area contributed by atoms with E-state index < -0.39 is 0 Å². The maximum atomic E-state index is 6.28. The molecule has 0 amide bonds. The summed E-state index contributed by atoms with van der Waals surface area (Å²) >= 11 is 12.3. The number of benzene rings is 1. The van der Waals surface area contributed by atoms with Crippen molar-refractivity contribution in [3.05, 3.63) is 33.8 Å². The number of rotatable bonds is 2. The molecule has 1 aromatic carbocycles. The lowest BCUT2D eigenvalue weighted by atomic mass is 9.89. The highest BCUT2D eigenvalue weighted by molar-refractivity contribution is 6.42. The van der Waals surface area contributed by atoms with Crippen LogP contribution in [0.1, 0.15) is 31.2 Å². The van der Waals surface area contributed by atoms with Crippen LogP contribution in [0.15, 0.2) is 18.2 Å². The van der Waals surface area contributed by atoms with Crippen LogP contribution in [0.5, 0.6) is 0 Å². The van der Waals surface area contributed by atoms with Crippen LogP contribution in [0.4, 0.5) is 0 Å². The molecule has 1 N–H and O–H groups in total. The third-order valence-electron chi connectivity index (χ3n) is 3.81. The first-order valence-corrected chi connectivity index (χ1v) is 6.52. The molecule has 1 nitrogen and oxygen atoms in total. The lowest BCUT2D eigenvalue weighted by Crippen LogP contribution is -2.28. The van der Waals surface area contributed by atoms with Gasteiger partial charge < -0.3 is 5.32 Å². The van der Waals surface area contributed by atoms with Gasteiger partial charge in [-0.25, -0.2) is 0 Å². The summed E-state index contributed by atoms with van der Waals surface area (Å²) in [4.78, 5) is 0. The molecule has 0 radical (unpaired) electrons. The van der Waals surface area contributed by atoms with Crippen molar-refractivity contribution < 1.29 is 0 Å². The van der Waals surface area contributed by atoms with Gasteiger partial charge in [-0.1, -0.05) is 42.3 Å². The van der Waals surface area contributed by atoms with Gasteiger partial charge in [0.05, 0.1) is 10.0 Å². The van der Waals surface area contributed by atoms with E-state index in [1.54, 1.807) is 0 Å². The molecule has 1 aliphatic carbocycles. The van der Waals surface area contributed by atoms with E-state index in [4.69, 9.17) is 23.2 Å². The highest BCUT2D eigenvalue weighted by Gasteiger charge is 2.33. The zero-order valence-electron chi connectivity index (χ0n) is 9.63. The molecular weight excluding hydrogens is 241 g/mol. The van der Waals surface area contributed by atoms with Gasteiger partial charge in [-0.15, -0.1) is 0 Å². The molecule has 2 rings (SSSR count). The van der Waals surface area contributed by atoms with Gasteiger partial charge in [-0.3, -0.25) is 0 Å². The standard InChI is InChI=1S/C13H17Cl2N/c1-8-9(6-7-12(8)16-2)10-4-3-5-11(14)13(10)15/h3-5,8-9,12,16H,6-7H2,1-2H3. The van der Waals surface area contributed by atoms with Gasteiger partial charge >= 0.3 is 0 Å². The maximum Gasteiger partial charge on any atom is 0.0627 e. The molecular formula is C13H17Cl2N. The number of halogens is 2. The fraction of sp³-hybridized carbons (Fsp3) is 0.538. The molecule has 0 heterocycles. The van der Waals surface area contributed by atoms with Gasteiger partial charge in [0.25, 0.3) is 0 Å². The van der Waals surface area contributed by atoms with Gasteiger partial charge in [0.15, 0.2) is 0 Å². The molecule has 0 spiro atoms. The molecule has 0 saturated heterocycles. The number of hydrogen-bond donors (Lipinski definition) is 1. The average Bonchev–Trinajstić information content (AvgIpc) is 2.64. The van der Waals surface area contributed by atoms with Crippen LogP contribution in [-0.4, -0.2) is 13.1 Å². The minimum Gasteiger partial charge on any atom is -0.317 e. The Hall–Kier alpha value is -0.240. The number of hydrogen-bond acceptors (Lipinski definition) is 1. The summed E-state index contributed by atoms with van der Waals surface area (Å²) in [5.41, 5.74) is 1.21. The Morgan fingerprint density at radius 2 is 2.00 bits per heavy atom. The Kier molecular flexibility index (Phi) is 3.78. The Bertz CT molecular complexity index is 378. The molecule has 88 valence electrons. The molecule has 1 aliphatic rings. The van der Waals surface area contributed by atoms with Crippen LogP contribution in [0.2, 0.25) is 10.0 Å². The van der Waals surface area contributed by atoms with Crippen molar-refractivity contribution in [2.24, 2.45) is 5.92 Å². The predicted octanol–water partition coefficient (Wildman–Crippen LogP) is 4.09. The second-order valence-corrected chi connectivity index (χ2v) is 5.37. The summed E-state index contributed by atoms with van der Waals surface area (Å²) in [5.74, 6) is 1.14. The lowest BCUT2D eigenvalue weighted by Gasteiger charge is -2.21.